The second-order valence-corrected chi connectivity index (χ2v) is 6.48. The van der Waals surface area contributed by atoms with Gasteiger partial charge >= 0.3 is 5.97 Å². The molecule has 0 bridgehead atoms. The number of aliphatic carboxylic acids is 1. The third-order valence-corrected chi connectivity index (χ3v) is 3.79. The summed E-state index contributed by atoms with van der Waals surface area (Å²) >= 11 is 0. The van der Waals surface area contributed by atoms with Crippen LogP contribution in [-0.2, 0) is 9.59 Å². The molecule has 0 unspecified atom stereocenters. The molecule has 0 aliphatic carbocycles. The van der Waals surface area contributed by atoms with Crippen LogP contribution in [-0.4, -0.2) is 47.6 Å². The Morgan fingerprint density at radius 1 is 1.25 bits per heavy atom. The van der Waals surface area contributed by atoms with E-state index < -0.39 is 11.4 Å². The molecule has 1 rings (SSSR count). The van der Waals surface area contributed by atoms with Crippen molar-refractivity contribution in [1.82, 2.24) is 10.2 Å². The maximum absolute atomic E-state index is 12.5. The lowest BCUT2D eigenvalue weighted by Crippen LogP contribution is -2.47. The molecule has 116 valence electrons. The van der Waals surface area contributed by atoms with Gasteiger partial charge in [-0.05, 0) is 37.8 Å². The number of nitrogens with zero attached hydrogens (tertiary/aromatic N) is 1. The van der Waals surface area contributed by atoms with Gasteiger partial charge in [0, 0.05) is 19.0 Å². The van der Waals surface area contributed by atoms with E-state index in [9.17, 15) is 9.59 Å². The summed E-state index contributed by atoms with van der Waals surface area (Å²) in [6, 6.07) is 0.310. The summed E-state index contributed by atoms with van der Waals surface area (Å²) in [6.45, 7) is 8.46. The number of carboxylic acid groups (broad SMARTS) is 1. The molecule has 2 N–H and O–H groups in total. The third kappa shape index (κ3) is 5.49. The van der Waals surface area contributed by atoms with E-state index in [4.69, 9.17) is 5.11 Å². The van der Waals surface area contributed by atoms with Gasteiger partial charge in [-0.2, -0.15) is 0 Å². The number of hydrogen-bond donors (Lipinski definition) is 2. The molecule has 1 heterocycles. The molecule has 1 fully saturated rings. The van der Waals surface area contributed by atoms with Crippen molar-refractivity contribution in [3.63, 3.8) is 0 Å². The molecule has 1 saturated heterocycles. The standard InChI is InChI=1S/C15H28N2O3/c1-4-9-17(12-5-7-16-8-6-12)13(18)10-15(2,3)11-14(19)20/h12,16H,4-11H2,1-3H3,(H,19,20). The maximum Gasteiger partial charge on any atom is 0.303 e. The van der Waals surface area contributed by atoms with Gasteiger partial charge in [0.05, 0.1) is 6.42 Å². The van der Waals surface area contributed by atoms with E-state index in [0.29, 0.717) is 12.5 Å². The zero-order chi connectivity index (χ0) is 15.2. The number of carboxylic acids is 1. The number of rotatable bonds is 7. The Labute approximate surface area is 121 Å². The molecule has 5 heteroatoms. The minimum atomic E-state index is -0.841. The van der Waals surface area contributed by atoms with E-state index >= 15 is 0 Å². The average Bonchev–Trinajstić information content (AvgIpc) is 2.34. The predicted molar refractivity (Wildman–Crippen MR) is 78.5 cm³/mol. The number of nitrogens with one attached hydrogen (secondary N) is 1. The first-order valence-corrected chi connectivity index (χ1v) is 7.57. The molecule has 1 aliphatic rings. The summed E-state index contributed by atoms with van der Waals surface area (Å²) in [4.78, 5) is 25.4. The lowest BCUT2D eigenvalue weighted by molar-refractivity contribution is -0.141. The largest absolute Gasteiger partial charge is 0.481 e. The zero-order valence-corrected chi connectivity index (χ0v) is 12.9. The van der Waals surface area contributed by atoms with Crippen molar-refractivity contribution in [2.45, 2.75) is 58.9 Å². The molecule has 0 aromatic rings. The number of amides is 1. The Balaban J connectivity index is 2.65. The fourth-order valence-corrected chi connectivity index (χ4v) is 2.85. The molecule has 5 nitrogen and oxygen atoms in total. The summed E-state index contributed by atoms with van der Waals surface area (Å²) in [5.74, 6) is -0.739. The molecule has 20 heavy (non-hydrogen) atoms. The van der Waals surface area contributed by atoms with Gasteiger partial charge < -0.3 is 15.3 Å². The molecule has 0 spiro atoms. The molecule has 1 aliphatic heterocycles. The quantitative estimate of drug-likeness (QED) is 0.749. The molecule has 0 aromatic heterocycles. The second-order valence-electron chi connectivity index (χ2n) is 6.48. The van der Waals surface area contributed by atoms with E-state index in [0.717, 1.165) is 38.9 Å². The zero-order valence-electron chi connectivity index (χ0n) is 12.9. The van der Waals surface area contributed by atoms with Crippen LogP contribution in [0.2, 0.25) is 0 Å². The van der Waals surface area contributed by atoms with Crippen LogP contribution in [0.3, 0.4) is 0 Å². The van der Waals surface area contributed by atoms with Crippen LogP contribution in [0, 0.1) is 5.41 Å². The van der Waals surface area contributed by atoms with Crippen molar-refractivity contribution >= 4 is 11.9 Å². The van der Waals surface area contributed by atoms with E-state index in [2.05, 4.69) is 12.2 Å². The monoisotopic (exact) mass is 284 g/mol. The smallest absolute Gasteiger partial charge is 0.303 e. The average molecular weight is 284 g/mol. The van der Waals surface area contributed by atoms with Gasteiger partial charge in [-0.15, -0.1) is 0 Å². The highest BCUT2D eigenvalue weighted by molar-refractivity contribution is 5.78. The lowest BCUT2D eigenvalue weighted by Gasteiger charge is -2.36. The summed E-state index contributed by atoms with van der Waals surface area (Å²) in [5, 5.41) is 12.2. The maximum atomic E-state index is 12.5. The van der Waals surface area contributed by atoms with E-state index in [1.165, 1.54) is 0 Å². The van der Waals surface area contributed by atoms with Crippen molar-refractivity contribution in [3.05, 3.63) is 0 Å². The SMILES string of the molecule is CCCN(C(=O)CC(C)(C)CC(=O)O)C1CCNCC1. The van der Waals surface area contributed by atoms with E-state index in [1.54, 1.807) is 0 Å². The van der Waals surface area contributed by atoms with Crippen LogP contribution in [0.4, 0.5) is 0 Å². The summed E-state index contributed by atoms with van der Waals surface area (Å²) in [7, 11) is 0. The fraction of sp³-hybridized carbons (Fsp3) is 0.867. The van der Waals surface area contributed by atoms with Crippen LogP contribution in [0.25, 0.3) is 0 Å². The van der Waals surface area contributed by atoms with Crippen LogP contribution >= 0.6 is 0 Å². The Kier molecular flexibility index (Phi) is 6.46. The van der Waals surface area contributed by atoms with Gasteiger partial charge in [0.1, 0.15) is 0 Å². The van der Waals surface area contributed by atoms with Gasteiger partial charge in [0.2, 0.25) is 5.91 Å². The summed E-state index contributed by atoms with van der Waals surface area (Å²) < 4.78 is 0. The highest BCUT2D eigenvalue weighted by Gasteiger charge is 2.30. The molecular formula is C15H28N2O3. The fourth-order valence-electron chi connectivity index (χ4n) is 2.85. The van der Waals surface area contributed by atoms with Crippen LogP contribution < -0.4 is 5.32 Å². The van der Waals surface area contributed by atoms with Crippen molar-refractivity contribution in [3.8, 4) is 0 Å². The Hall–Kier alpha value is -1.10. The predicted octanol–water partition coefficient (Wildman–Crippen LogP) is 1.87. The molecule has 1 amide bonds. The van der Waals surface area contributed by atoms with Crippen molar-refractivity contribution in [1.29, 1.82) is 0 Å². The number of piperidine rings is 1. The molecule has 0 saturated carbocycles. The lowest BCUT2D eigenvalue weighted by atomic mass is 9.85. The van der Waals surface area contributed by atoms with Crippen LogP contribution in [0.1, 0.15) is 52.9 Å². The second kappa shape index (κ2) is 7.62. The van der Waals surface area contributed by atoms with Crippen molar-refractivity contribution in [2.75, 3.05) is 19.6 Å². The van der Waals surface area contributed by atoms with Gasteiger partial charge in [0.15, 0.2) is 0 Å². The molecule has 0 aromatic carbocycles. The first-order valence-electron chi connectivity index (χ1n) is 7.57. The Morgan fingerprint density at radius 2 is 1.85 bits per heavy atom. The molecule has 0 radical (unpaired) electrons. The molecule has 0 atom stereocenters. The van der Waals surface area contributed by atoms with Crippen molar-refractivity contribution < 1.29 is 14.7 Å². The Morgan fingerprint density at radius 3 is 2.35 bits per heavy atom. The number of carbonyl (C=O) groups excluding carboxylic acids is 1. The highest BCUT2D eigenvalue weighted by atomic mass is 16.4. The highest BCUT2D eigenvalue weighted by Crippen LogP contribution is 2.27. The first kappa shape index (κ1) is 17.0. The van der Waals surface area contributed by atoms with Crippen LogP contribution in [0.5, 0.6) is 0 Å². The van der Waals surface area contributed by atoms with Crippen LogP contribution in [0.15, 0.2) is 0 Å². The first-order chi connectivity index (χ1) is 9.35. The third-order valence-electron chi connectivity index (χ3n) is 3.79. The Bertz CT molecular complexity index is 336. The van der Waals surface area contributed by atoms with Gasteiger partial charge in [0.25, 0.3) is 0 Å². The summed E-state index contributed by atoms with van der Waals surface area (Å²) in [5.41, 5.74) is -0.484. The van der Waals surface area contributed by atoms with Gasteiger partial charge in [-0.1, -0.05) is 20.8 Å². The van der Waals surface area contributed by atoms with Gasteiger partial charge in [-0.3, -0.25) is 9.59 Å². The molecular weight excluding hydrogens is 256 g/mol. The normalized spacial score (nSPS) is 16.9. The minimum absolute atomic E-state index is 0.0327. The van der Waals surface area contributed by atoms with E-state index in [1.807, 2.05) is 18.7 Å². The topological polar surface area (TPSA) is 69.6 Å². The minimum Gasteiger partial charge on any atom is -0.481 e. The van der Waals surface area contributed by atoms with Gasteiger partial charge in [-0.25, -0.2) is 0 Å². The number of hydrogen-bond acceptors (Lipinski definition) is 3. The summed E-state index contributed by atoms with van der Waals surface area (Å²) in [6.07, 6.45) is 3.26. The van der Waals surface area contributed by atoms with Crippen molar-refractivity contribution in [2.24, 2.45) is 5.41 Å². The number of carbonyl (C=O) groups is 2. The van der Waals surface area contributed by atoms with E-state index in [-0.39, 0.29) is 12.3 Å².